The standard InChI is InChI=1S/C16H28ClN3O/c1-5-14-16(17)15(20(6-2)19-14)12-13(3)8-7-9-18-10-11-21-4/h8,18H,5-7,9-12H2,1-4H3. The van der Waals surface area contributed by atoms with Crippen LogP contribution in [-0.2, 0) is 24.1 Å². The predicted molar refractivity (Wildman–Crippen MR) is 89.1 cm³/mol. The number of nitrogens with one attached hydrogen (secondary N) is 1. The number of aryl methyl sites for hydroxylation is 2. The minimum atomic E-state index is 0.758. The van der Waals surface area contributed by atoms with E-state index < -0.39 is 0 Å². The number of halogens is 1. The summed E-state index contributed by atoms with van der Waals surface area (Å²) in [7, 11) is 1.72. The lowest BCUT2D eigenvalue weighted by atomic mass is 10.1. The third-order valence-corrected chi connectivity index (χ3v) is 3.87. The molecule has 0 amide bonds. The van der Waals surface area contributed by atoms with Crippen molar-refractivity contribution < 1.29 is 4.74 Å². The highest BCUT2D eigenvalue weighted by Gasteiger charge is 2.14. The van der Waals surface area contributed by atoms with Gasteiger partial charge in [-0.05, 0) is 33.2 Å². The summed E-state index contributed by atoms with van der Waals surface area (Å²) in [6, 6.07) is 0. The van der Waals surface area contributed by atoms with Gasteiger partial charge in [-0.2, -0.15) is 5.10 Å². The molecule has 0 aromatic carbocycles. The Morgan fingerprint density at radius 3 is 2.76 bits per heavy atom. The van der Waals surface area contributed by atoms with E-state index in [4.69, 9.17) is 16.3 Å². The number of methoxy groups -OCH3 is 1. The molecule has 21 heavy (non-hydrogen) atoms. The summed E-state index contributed by atoms with van der Waals surface area (Å²) < 4.78 is 7.02. The van der Waals surface area contributed by atoms with Crippen LogP contribution in [0, 0.1) is 0 Å². The largest absolute Gasteiger partial charge is 0.383 e. The molecule has 120 valence electrons. The van der Waals surface area contributed by atoms with Crippen molar-refractivity contribution >= 4 is 11.6 Å². The molecule has 0 saturated carbocycles. The van der Waals surface area contributed by atoms with E-state index in [0.29, 0.717) is 0 Å². The molecule has 0 atom stereocenters. The zero-order valence-corrected chi connectivity index (χ0v) is 14.5. The third kappa shape index (κ3) is 5.81. The summed E-state index contributed by atoms with van der Waals surface area (Å²) in [5.74, 6) is 0. The van der Waals surface area contributed by atoms with E-state index >= 15 is 0 Å². The maximum absolute atomic E-state index is 6.43. The monoisotopic (exact) mass is 313 g/mol. The summed E-state index contributed by atoms with van der Waals surface area (Å²) in [5.41, 5.74) is 3.47. The van der Waals surface area contributed by atoms with Gasteiger partial charge in [0.15, 0.2) is 0 Å². The SMILES string of the molecule is CCc1nn(CC)c(CC(C)=CCCNCCOC)c1Cl. The zero-order chi connectivity index (χ0) is 15.7. The second-order valence-electron chi connectivity index (χ2n) is 5.14. The summed E-state index contributed by atoms with van der Waals surface area (Å²) in [4.78, 5) is 0. The van der Waals surface area contributed by atoms with E-state index in [2.05, 4.69) is 37.3 Å². The van der Waals surface area contributed by atoms with Gasteiger partial charge in [0.1, 0.15) is 0 Å². The maximum atomic E-state index is 6.43. The van der Waals surface area contributed by atoms with Crippen molar-refractivity contribution in [1.82, 2.24) is 15.1 Å². The van der Waals surface area contributed by atoms with Gasteiger partial charge in [-0.25, -0.2) is 0 Å². The number of rotatable bonds is 10. The molecule has 0 bridgehead atoms. The van der Waals surface area contributed by atoms with E-state index in [1.807, 2.05) is 4.68 Å². The van der Waals surface area contributed by atoms with Crippen molar-refractivity contribution in [2.24, 2.45) is 0 Å². The van der Waals surface area contributed by atoms with Crippen molar-refractivity contribution in [3.05, 3.63) is 28.1 Å². The Morgan fingerprint density at radius 2 is 2.14 bits per heavy atom. The maximum Gasteiger partial charge on any atom is 0.0853 e. The van der Waals surface area contributed by atoms with E-state index in [-0.39, 0.29) is 0 Å². The van der Waals surface area contributed by atoms with Gasteiger partial charge >= 0.3 is 0 Å². The van der Waals surface area contributed by atoms with Crippen molar-refractivity contribution in [3.63, 3.8) is 0 Å². The first kappa shape index (κ1) is 18.2. The van der Waals surface area contributed by atoms with Crippen LogP contribution in [0.4, 0.5) is 0 Å². The van der Waals surface area contributed by atoms with E-state index in [1.165, 1.54) is 5.57 Å². The van der Waals surface area contributed by atoms with Crippen LogP contribution in [0.3, 0.4) is 0 Å². The Kier molecular flexibility index (Phi) is 8.66. The van der Waals surface area contributed by atoms with Gasteiger partial charge in [-0.15, -0.1) is 0 Å². The highest BCUT2D eigenvalue weighted by molar-refractivity contribution is 6.31. The highest BCUT2D eigenvalue weighted by Crippen LogP contribution is 2.24. The average Bonchev–Trinajstić information content (AvgIpc) is 2.79. The van der Waals surface area contributed by atoms with Gasteiger partial charge in [0.25, 0.3) is 0 Å². The molecule has 1 heterocycles. The lowest BCUT2D eigenvalue weighted by molar-refractivity contribution is 0.199. The Morgan fingerprint density at radius 1 is 1.38 bits per heavy atom. The second-order valence-corrected chi connectivity index (χ2v) is 5.51. The number of allylic oxidation sites excluding steroid dienone is 1. The van der Waals surface area contributed by atoms with Crippen LogP contribution in [0.5, 0.6) is 0 Å². The molecular weight excluding hydrogens is 286 g/mol. The average molecular weight is 314 g/mol. The van der Waals surface area contributed by atoms with Crippen molar-refractivity contribution in [1.29, 1.82) is 0 Å². The van der Waals surface area contributed by atoms with Crippen LogP contribution in [0.2, 0.25) is 5.02 Å². The number of ether oxygens (including phenoxy) is 1. The second kappa shape index (κ2) is 9.98. The molecule has 1 rings (SSSR count). The predicted octanol–water partition coefficient (Wildman–Crippen LogP) is 3.23. The van der Waals surface area contributed by atoms with Crippen molar-refractivity contribution in [2.45, 2.75) is 46.6 Å². The molecule has 4 nitrogen and oxygen atoms in total. The van der Waals surface area contributed by atoms with Gasteiger partial charge in [0, 0.05) is 26.6 Å². The lowest BCUT2D eigenvalue weighted by Crippen LogP contribution is -2.19. The van der Waals surface area contributed by atoms with Crippen molar-refractivity contribution in [3.8, 4) is 0 Å². The first-order valence-electron chi connectivity index (χ1n) is 7.73. The summed E-state index contributed by atoms with van der Waals surface area (Å²) in [6.45, 7) is 9.84. The molecule has 0 fully saturated rings. The Bertz CT molecular complexity index is 455. The van der Waals surface area contributed by atoms with Crippen LogP contribution in [0.15, 0.2) is 11.6 Å². The molecule has 0 spiro atoms. The van der Waals surface area contributed by atoms with Gasteiger partial charge in [0.2, 0.25) is 0 Å². The first-order chi connectivity index (χ1) is 10.1. The van der Waals surface area contributed by atoms with Gasteiger partial charge in [-0.3, -0.25) is 4.68 Å². The van der Waals surface area contributed by atoms with Crippen LogP contribution in [-0.4, -0.2) is 36.6 Å². The molecule has 0 aliphatic rings. The zero-order valence-electron chi connectivity index (χ0n) is 13.7. The molecule has 5 heteroatoms. The molecule has 0 aliphatic carbocycles. The van der Waals surface area contributed by atoms with Gasteiger partial charge in [0.05, 0.1) is 23.0 Å². The molecule has 1 aromatic heterocycles. The molecule has 0 saturated heterocycles. The Labute approximate surface area is 133 Å². The molecule has 1 N–H and O–H groups in total. The highest BCUT2D eigenvalue weighted by atomic mass is 35.5. The lowest BCUT2D eigenvalue weighted by Gasteiger charge is -2.06. The topological polar surface area (TPSA) is 39.1 Å². The first-order valence-corrected chi connectivity index (χ1v) is 8.11. The molecule has 1 aromatic rings. The number of hydrogen-bond donors (Lipinski definition) is 1. The van der Waals surface area contributed by atoms with Gasteiger partial charge < -0.3 is 10.1 Å². The third-order valence-electron chi connectivity index (χ3n) is 3.44. The normalized spacial score (nSPS) is 12.1. The minimum Gasteiger partial charge on any atom is -0.383 e. The summed E-state index contributed by atoms with van der Waals surface area (Å²) >= 11 is 6.43. The Balaban J connectivity index is 2.53. The van der Waals surface area contributed by atoms with Crippen LogP contribution >= 0.6 is 11.6 Å². The van der Waals surface area contributed by atoms with Crippen molar-refractivity contribution in [2.75, 3.05) is 26.8 Å². The minimum absolute atomic E-state index is 0.758. The number of nitrogens with zero attached hydrogens (tertiary/aromatic N) is 2. The number of aromatic nitrogens is 2. The van der Waals surface area contributed by atoms with E-state index in [0.717, 1.165) is 61.9 Å². The van der Waals surface area contributed by atoms with Crippen LogP contribution in [0.25, 0.3) is 0 Å². The smallest absolute Gasteiger partial charge is 0.0853 e. The quantitative estimate of drug-likeness (QED) is 0.532. The molecule has 0 unspecified atom stereocenters. The molecule has 0 aliphatic heterocycles. The van der Waals surface area contributed by atoms with E-state index in [9.17, 15) is 0 Å². The van der Waals surface area contributed by atoms with E-state index in [1.54, 1.807) is 7.11 Å². The van der Waals surface area contributed by atoms with Gasteiger partial charge in [-0.1, -0.05) is 30.2 Å². The summed E-state index contributed by atoms with van der Waals surface area (Å²) in [6.07, 6.45) is 5.05. The fourth-order valence-electron chi connectivity index (χ4n) is 2.24. The molecular formula is C16H28ClN3O. The Hall–Kier alpha value is -0.840. The fraction of sp³-hybridized carbons (Fsp3) is 0.688. The fourth-order valence-corrected chi connectivity index (χ4v) is 2.58. The number of hydrogen-bond acceptors (Lipinski definition) is 3. The van der Waals surface area contributed by atoms with Crippen LogP contribution < -0.4 is 5.32 Å². The molecule has 0 radical (unpaired) electrons. The van der Waals surface area contributed by atoms with Crippen LogP contribution in [0.1, 0.15) is 38.6 Å². The summed E-state index contributed by atoms with van der Waals surface area (Å²) in [5, 5.41) is 8.74.